The summed E-state index contributed by atoms with van der Waals surface area (Å²) in [6.07, 6.45) is 2.55. The summed E-state index contributed by atoms with van der Waals surface area (Å²) in [4.78, 5) is 34.3. The summed E-state index contributed by atoms with van der Waals surface area (Å²) in [6.45, 7) is 2.09. The van der Waals surface area contributed by atoms with Crippen LogP contribution in [-0.4, -0.2) is 26.2 Å². The normalized spacial score (nSPS) is 10.8. The van der Waals surface area contributed by atoms with Crippen molar-refractivity contribution < 1.29 is 4.79 Å². The summed E-state index contributed by atoms with van der Waals surface area (Å²) in [7, 11) is 0. The lowest BCUT2D eigenvalue weighted by Gasteiger charge is -2.13. The zero-order chi connectivity index (χ0) is 20.9. The number of nitrogens with one attached hydrogen (secondary N) is 1. The fourth-order valence-corrected chi connectivity index (χ4v) is 3.85. The Morgan fingerprint density at radius 3 is 2.53 bits per heavy atom. The standard InChI is InChI=1S/C23H20N4O2S/c1-2-16-10-12-17(13-11-16)25-20(28)15-30-23-26-21-19(9-6-14-24-21)22(29)27(23)18-7-4-3-5-8-18/h3-14H,2,15H2,1H3,(H,25,28). The zero-order valence-electron chi connectivity index (χ0n) is 16.4. The lowest BCUT2D eigenvalue weighted by Crippen LogP contribution is -2.23. The maximum absolute atomic E-state index is 13.1. The Bertz CT molecular complexity index is 1240. The Morgan fingerprint density at radius 1 is 1.03 bits per heavy atom. The fourth-order valence-electron chi connectivity index (χ4n) is 3.05. The number of carbonyl (C=O) groups is 1. The number of aryl methyl sites for hydroxylation is 1. The van der Waals surface area contributed by atoms with Gasteiger partial charge in [0.1, 0.15) is 0 Å². The van der Waals surface area contributed by atoms with Crippen LogP contribution >= 0.6 is 11.8 Å². The van der Waals surface area contributed by atoms with Gasteiger partial charge in [0, 0.05) is 11.9 Å². The molecule has 1 amide bonds. The smallest absolute Gasteiger partial charge is 0.268 e. The molecule has 2 aromatic heterocycles. The van der Waals surface area contributed by atoms with E-state index in [1.54, 1.807) is 18.3 Å². The van der Waals surface area contributed by atoms with Crippen molar-refractivity contribution in [1.29, 1.82) is 0 Å². The highest BCUT2D eigenvalue weighted by atomic mass is 32.2. The molecule has 0 saturated heterocycles. The van der Waals surface area contributed by atoms with Crippen molar-refractivity contribution in [2.75, 3.05) is 11.1 Å². The molecule has 0 aliphatic heterocycles. The third-order valence-electron chi connectivity index (χ3n) is 4.61. The average Bonchev–Trinajstić information content (AvgIpc) is 2.79. The van der Waals surface area contributed by atoms with Gasteiger partial charge in [-0.3, -0.25) is 14.2 Å². The first-order chi connectivity index (χ1) is 14.7. The van der Waals surface area contributed by atoms with Gasteiger partial charge in [-0.25, -0.2) is 9.97 Å². The maximum atomic E-state index is 13.1. The molecule has 0 radical (unpaired) electrons. The van der Waals surface area contributed by atoms with Gasteiger partial charge < -0.3 is 5.32 Å². The number of fused-ring (bicyclic) bond motifs is 1. The molecule has 0 unspecified atom stereocenters. The first-order valence-electron chi connectivity index (χ1n) is 9.60. The Kier molecular flexibility index (Phi) is 5.90. The molecule has 1 N–H and O–H groups in total. The van der Waals surface area contributed by atoms with E-state index in [1.165, 1.54) is 21.9 Å². The topological polar surface area (TPSA) is 76.9 Å². The molecule has 30 heavy (non-hydrogen) atoms. The number of carbonyl (C=O) groups excluding carboxylic acids is 1. The van der Waals surface area contributed by atoms with Crippen LogP contribution in [0.25, 0.3) is 16.7 Å². The van der Waals surface area contributed by atoms with E-state index in [0.717, 1.165) is 12.1 Å². The van der Waals surface area contributed by atoms with Crippen LogP contribution in [0.1, 0.15) is 12.5 Å². The molecular weight excluding hydrogens is 396 g/mol. The molecule has 0 aliphatic carbocycles. The number of pyridine rings is 1. The highest BCUT2D eigenvalue weighted by molar-refractivity contribution is 7.99. The summed E-state index contributed by atoms with van der Waals surface area (Å²) in [5, 5.41) is 3.75. The van der Waals surface area contributed by atoms with E-state index in [2.05, 4.69) is 22.2 Å². The van der Waals surface area contributed by atoms with E-state index in [9.17, 15) is 9.59 Å². The molecule has 0 aliphatic rings. The minimum Gasteiger partial charge on any atom is -0.325 e. The van der Waals surface area contributed by atoms with Gasteiger partial charge >= 0.3 is 0 Å². The van der Waals surface area contributed by atoms with Crippen LogP contribution in [0.15, 0.2) is 82.9 Å². The fraction of sp³-hybridized carbons (Fsp3) is 0.130. The largest absolute Gasteiger partial charge is 0.325 e. The molecule has 4 aromatic rings. The van der Waals surface area contributed by atoms with E-state index in [4.69, 9.17) is 0 Å². The van der Waals surface area contributed by atoms with Gasteiger partial charge in [0.05, 0.1) is 16.8 Å². The zero-order valence-corrected chi connectivity index (χ0v) is 17.2. The van der Waals surface area contributed by atoms with E-state index in [0.29, 0.717) is 21.9 Å². The Morgan fingerprint density at radius 2 is 1.80 bits per heavy atom. The molecular formula is C23H20N4O2S. The summed E-state index contributed by atoms with van der Waals surface area (Å²) >= 11 is 1.21. The molecule has 2 aromatic carbocycles. The lowest BCUT2D eigenvalue weighted by molar-refractivity contribution is -0.113. The summed E-state index contributed by atoms with van der Waals surface area (Å²) in [5.74, 6) is -0.0492. The van der Waals surface area contributed by atoms with Crippen LogP contribution in [0, 0.1) is 0 Å². The Labute approximate surface area is 178 Å². The molecule has 0 atom stereocenters. The molecule has 0 spiro atoms. The molecule has 0 bridgehead atoms. The highest BCUT2D eigenvalue weighted by Crippen LogP contribution is 2.21. The first-order valence-corrected chi connectivity index (χ1v) is 10.6. The molecule has 6 nitrogen and oxygen atoms in total. The number of benzene rings is 2. The number of anilines is 1. The van der Waals surface area contributed by atoms with Crippen molar-refractivity contribution in [3.8, 4) is 5.69 Å². The van der Waals surface area contributed by atoms with Gasteiger partial charge in [0.15, 0.2) is 10.8 Å². The second-order valence-electron chi connectivity index (χ2n) is 6.63. The third kappa shape index (κ3) is 4.26. The predicted molar refractivity (Wildman–Crippen MR) is 120 cm³/mol. The number of para-hydroxylation sites is 1. The van der Waals surface area contributed by atoms with Gasteiger partial charge in [-0.15, -0.1) is 0 Å². The number of rotatable bonds is 6. The van der Waals surface area contributed by atoms with Crippen LogP contribution in [0.4, 0.5) is 5.69 Å². The number of nitrogens with zero attached hydrogens (tertiary/aromatic N) is 3. The van der Waals surface area contributed by atoms with Gasteiger partial charge in [0.25, 0.3) is 5.56 Å². The monoisotopic (exact) mass is 416 g/mol. The van der Waals surface area contributed by atoms with Crippen LogP contribution in [-0.2, 0) is 11.2 Å². The minimum atomic E-state index is -0.211. The van der Waals surface area contributed by atoms with Gasteiger partial charge in [-0.1, -0.05) is 49.0 Å². The molecule has 150 valence electrons. The Hall–Kier alpha value is -3.45. The lowest BCUT2D eigenvalue weighted by atomic mass is 10.1. The molecule has 0 fully saturated rings. The summed E-state index contributed by atoms with van der Waals surface area (Å²) in [6, 6.07) is 20.5. The van der Waals surface area contributed by atoms with Crippen molar-refractivity contribution >= 4 is 34.4 Å². The van der Waals surface area contributed by atoms with Crippen LogP contribution in [0.3, 0.4) is 0 Å². The summed E-state index contributed by atoms with van der Waals surface area (Å²) < 4.78 is 1.53. The minimum absolute atomic E-state index is 0.118. The average molecular weight is 417 g/mol. The van der Waals surface area contributed by atoms with E-state index >= 15 is 0 Å². The molecule has 2 heterocycles. The first kappa shape index (κ1) is 19.8. The number of thioether (sulfide) groups is 1. The van der Waals surface area contributed by atoms with Crippen molar-refractivity contribution in [2.45, 2.75) is 18.5 Å². The van der Waals surface area contributed by atoms with Crippen LogP contribution in [0.5, 0.6) is 0 Å². The predicted octanol–water partition coefficient (Wildman–Crippen LogP) is 4.07. The number of aromatic nitrogens is 3. The SMILES string of the molecule is CCc1ccc(NC(=O)CSc2nc3ncccc3c(=O)n2-c2ccccc2)cc1. The van der Waals surface area contributed by atoms with E-state index < -0.39 is 0 Å². The van der Waals surface area contributed by atoms with Gasteiger partial charge in [-0.2, -0.15) is 0 Å². The molecule has 0 saturated carbocycles. The maximum Gasteiger partial charge on any atom is 0.268 e. The quantitative estimate of drug-likeness (QED) is 0.379. The van der Waals surface area contributed by atoms with Crippen molar-refractivity contribution in [3.63, 3.8) is 0 Å². The third-order valence-corrected chi connectivity index (χ3v) is 5.54. The van der Waals surface area contributed by atoms with Gasteiger partial charge in [-0.05, 0) is 48.4 Å². The second kappa shape index (κ2) is 8.92. The molecule has 7 heteroatoms. The Balaban J connectivity index is 1.61. The summed E-state index contributed by atoms with van der Waals surface area (Å²) in [5.41, 5.74) is 2.80. The number of hydrogen-bond donors (Lipinski definition) is 1. The van der Waals surface area contributed by atoms with E-state index in [1.807, 2.05) is 54.6 Å². The van der Waals surface area contributed by atoms with Crippen molar-refractivity contribution in [2.24, 2.45) is 0 Å². The van der Waals surface area contributed by atoms with Crippen molar-refractivity contribution in [3.05, 3.63) is 88.8 Å². The van der Waals surface area contributed by atoms with Gasteiger partial charge in [0.2, 0.25) is 5.91 Å². The van der Waals surface area contributed by atoms with Crippen molar-refractivity contribution in [1.82, 2.24) is 14.5 Å². The van der Waals surface area contributed by atoms with E-state index in [-0.39, 0.29) is 17.2 Å². The van der Waals surface area contributed by atoms with Crippen LogP contribution in [0.2, 0.25) is 0 Å². The number of hydrogen-bond acceptors (Lipinski definition) is 5. The molecule has 4 rings (SSSR count). The van der Waals surface area contributed by atoms with Crippen LogP contribution < -0.4 is 10.9 Å². The number of amides is 1. The second-order valence-corrected chi connectivity index (χ2v) is 7.57. The highest BCUT2D eigenvalue weighted by Gasteiger charge is 2.15.